The SMILES string of the molecule is CS(=O)(=O)c1cccc(C(=O)N2[C@@H](C(=O)NC(c3ccc(Cl)cc3F)C3CC3)C[C@H]3C[C@H]32)c1. The van der Waals surface area contributed by atoms with E-state index in [2.05, 4.69) is 5.32 Å². The van der Waals surface area contributed by atoms with Crippen LogP contribution in [0.2, 0.25) is 5.02 Å². The van der Waals surface area contributed by atoms with Gasteiger partial charge in [-0.15, -0.1) is 0 Å². The number of likely N-dealkylation sites (tertiary alicyclic amines) is 1. The van der Waals surface area contributed by atoms with Gasteiger partial charge in [-0.1, -0.05) is 23.7 Å². The van der Waals surface area contributed by atoms with Crippen molar-refractivity contribution in [3.8, 4) is 0 Å². The largest absolute Gasteiger partial charge is 0.347 e. The van der Waals surface area contributed by atoms with E-state index in [4.69, 9.17) is 11.6 Å². The van der Waals surface area contributed by atoms with Gasteiger partial charge in [-0.3, -0.25) is 9.59 Å². The third-order valence-corrected chi connectivity index (χ3v) is 8.18. The van der Waals surface area contributed by atoms with Gasteiger partial charge in [-0.2, -0.15) is 0 Å². The second-order valence-electron chi connectivity index (χ2n) is 9.32. The molecule has 2 aromatic rings. The summed E-state index contributed by atoms with van der Waals surface area (Å²) in [5.74, 6) is -0.711. The monoisotopic (exact) mass is 490 g/mol. The molecule has 1 unspecified atom stereocenters. The molecule has 1 N–H and O–H groups in total. The number of carbonyl (C=O) groups excluding carboxylic acids is 2. The predicted octanol–water partition coefficient (Wildman–Crippen LogP) is 3.75. The molecule has 0 bridgehead atoms. The van der Waals surface area contributed by atoms with Gasteiger partial charge in [0.2, 0.25) is 5.91 Å². The van der Waals surface area contributed by atoms with Gasteiger partial charge in [0.15, 0.2) is 9.84 Å². The first kappa shape index (κ1) is 22.3. The summed E-state index contributed by atoms with van der Waals surface area (Å²) in [6.45, 7) is 0. The predicted molar refractivity (Wildman–Crippen MR) is 121 cm³/mol. The molecule has 174 valence electrons. The van der Waals surface area contributed by atoms with Crippen LogP contribution in [0.4, 0.5) is 4.39 Å². The molecule has 2 aliphatic carbocycles. The first-order valence-electron chi connectivity index (χ1n) is 11.0. The van der Waals surface area contributed by atoms with Gasteiger partial charge in [0, 0.05) is 28.4 Å². The molecule has 0 aromatic heterocycles. The van der Waals surface area contributed by atoms with Crippen LogP contribution in [0.3, 0.4) is 0 Å². The number of amides is 2. The highest BCUT2D eigenvalue weighted by Gasteiger charge is 2.56. The number of carbonyl (C=O) groups is 2. The fraction of sp³-hybridized carbons (Fsp3) is 0.417. The average Bonchev–Trinajstić information content (AvgIpc) is 3.69. The molecule has 3 fully saturated rings. The van der Waals surface area contributed by atoms with E-state index in [0.29, 0.717) is 17.0 Å². The minimum absolute atomic E-state index is 0.0261. The number of halogens is 2. The molecule has 6 nitrogen and oxygen atoms in total. The molecule has 1 saturated heterocycles. The molecule has 33 heavy (non-hydrogen) atoms. The molecule has 2 amide bonds. The minimum atomic E-state index is -3.47. The van der Waals surface area contributed by atoms with Crippen molar-refractivity contribution in [3.05, 3.63) is 64.4 Å². The summed E-state index contributed by atoms with van der Waals surface area (Å²) in [4.78, 5) is 28.3. The van der Waals surface area contributed by atoms with Crippen LogP contribution in [0, 0.1) is 17.7 Å². The Morgan fingerprint density at radius 2 is 1.91 bits per heavy atom. The Hall–Kier alpha value is -2.45. The molecule has 9 heteroatoms. The van der Waals surface area contributed by atoms with Crippen LogP contribution in [0.15, 0.2) is 47.4 Å². The molecule has 5 rings (SSSR count). The molecular weight excluding hydrogens is 467 g/mol. The quantitative estimate of drug-likeness (QED) is 0.668. The van der Waals surface area contributed by atoms with E-state index in [-0.39, 0.29) is 40.2 Å². The second-order valence-corrected chi connectivity index (χ2v) is 11.8. The number of hydrogen-bond acceptors (Lipinski definition) is 4. The van der Waals surface area contributed by atoms with Crippen molar-refractivity contribution in [2.45, 2.75) is 48.7 Å². The van der Waals surface area contributed by atoms with Crippen molar-refractivity contribution in [2.75, 3.05) is 6.26 Å². The Morgan fingerprint density at radius 1 is 1.15 bits per heavy atom. The lowest BCUT2D eigenvalue weighted by atomic mass is 10.0. The Balaban J connectivity index is 1.38. The van der Waals surface area contributed by atoms with Gasteiger partial charge >= 0.3 is 0 Å². The molecule has 2 saturated carbocycles. The first-order chi connectivity index (χ1) is 15.6. The average molecular weight is 491 g/mol. The van der Waals surface area contributed by atoms with E-state index in [1.807, 2.05) is 0 Å². The number of hydrogen-bond donors (Lipinski definition) is 1. The number of rotatable bonds is 6. The third-order valence-electron chi connectivity index (χ3n) is 6.84. The highest BCUT2D eigenvalue weighted by Crippen LogP contribution is 2.49. The summed E-state index contributed by atoms with van der Waals surface area (Å²) >= 11 is 5.89. The summed E-state index contributed by atoms with van der Waals surface area (Å²) < 4.78 is 38.4. The van der Waals surface area contributed by atoms with Gasteiger partial charge in [-0.25, -0.2) is 12.8 Å². The maximum atomic E-state index is 14.6. The van der Waals surface area contributed by atoms with E-state index < -0.39 is 27.7 Å². The maximum Gasteiger partial charge on any atom is 0.254 e. The van der Waals surface area contributed by atoms with Gasteiger partial charge in [0.25, 0.3) is 5.91 Å². The summed E-state index contributed by atoms with van der Waals surface area (Å²) in [6.07, 6.45) is 4.26. The highest BCUT2D eigenvalue weighted by atomic mass is 35.5. The molecule has 0 spiro atoms. The second kappa shape index (κ2) is 8.09. The Bertz CT molecular complexity index is 1250. The summed E-state index contributed by atoms with van der Waals surface area (Å²) in [5, 5.41) is 3.29. The highest BCUT2D eigenvalue weighted by molar-refractivity contribution is 7.90. The lowest BCUT2D eigenvalue weighted by molar-refractivity contribution is -0.126. The number of fused-ring (bicyclic) bond motifs is 1. The van der Waals surface area contributed by atoms with Crippen LogP contribution < -0.4 is 5.32 Å². The minimum Gasteiger partial charge on any atom is -0.347 e. The Morgan fingerprint density at radius 3 is 2.58 bits per heavy atom. The lowest BCUT2D eigenvalue weighted by Gasteiger charge is -2.29. The van der Waals surface area contributed by atoms with Crippen molar-refractivity contribution in [1.82, 2.24) is 10.2 Å². The summed E-state index contributed by atoms with van der Waals surface area (Å²) in [6, 6.07) is 9.19. The molecular formula is C24H24ClFN2O4S. The number of nitrogens with one attached hydrogen (secondary N) is 1. The number of sulfone groups is 1. The van der Waals surface area contributed by atoms with Crippen LogP contribution in [0.25, 0.3) is 0 Å². The zero-order chi connectivity index (χ0) is 23.5. The Labute approximate surface area is 197 Å². The normalized spacial score (nSPS) is 24.8. The van der Waals surface area contributed by atoms with Gasteiger partial charge in [-0.05, 0) is 67.9 Å². The van der Waals surface area contributed by atoms with E-state index in [0.717, 1.165) is 25.5 Å². The van der Waals surface area contributed by atoms with E-state index >= 15 is 0 Å². The zero-order valence-corrected chi connectivity index (χ0v) is 19.6. The van der Waals surface area contributed by atoms with Crippen LogP contribution in [0.5, 0.6) is 0 Å². The third kappa shape index (κ3) is 4.38. The van der Waals surface area contributed by atoms with Gasteiger partial charge in [0.1, 0.15) is 11.9 Å². The van der Waals surface area contributed by atoms with E-state index in [9.17, 15) is 22.4 Å². The van der Waals surface area contributed by atoms with Gasteiger partial charge in [0.05, 0.1) is 10.9 Å². The van der Waals surface area contributed by atoms with E-state index in [1.54, 1.807) is 23.1 Å². The maximum absolute atomic E-state index is 14.6. The van der Waals surface area contributed by atoms with Crippen molar-refractivity contribution in [3.63, 3.8) is 0 Å². The van der Waals surface area contributed by atoms with Crippen molar-refractivity contribution >= 4 is 33.3 Å². The Kier molecular flexibility index (Phi) is 5.48. The molecule has 1 heterocycles. The topological polar surface area (TPSA) is 83.6 Å². The van der Waals surface area contributed by atoms with Crippen LogP contribution >= 0.6 is 11.6 Å². The zero-order valence-electron chi connectivity index (χ0n) is 18.0. The fourth-order valence-electron chi connectivity index (χ4n) is 4.87. The van der Waals surface area contributed by atoms with Crippen LogP contribution in [-0.2, 0) is 14.6 Å². The van der Waals surface area contributed by atoms with Gasteiger partial charge < -0.3 is 10.2 Å². The fourth-order valence-corrected chi connectivity index (χ4v) is 5.70. The van der Waals surface area contributed by atoms with Crippen LogP contribution in [0.1, 0.15) is 47.6 Å². The van der Waals surface area contributed by atoms with E-state index in [1.165, 1.54) is 24.3 Å². The summed E-state index contributed by atoms with van der Waals surface area (Å²) in [7, 11) is -3.47. The molecule has 3 aliphatic rings. The molecule has 2 aromatic carbocycles. The number of nitrogens with zero attached hydrogens (tertiary/aromatic N) is 1. The molecule has 1 aliphatic heterocycles. The standard InChI is InChI=1S/C24H24ClFN2O4S/c1-33(31,32)17-4-2-3-14(9-17)24(30)28-20-10-15(20)11-21(28)23(29)27-22(13-5-6-13)18-8-7-16(25)12-19(18)26/h2-4,7-9,12-13,15,20-22H,5-6,10-11H2,1H3,(H,27,29)/t15-,20-,21-,22?/m1/s1. The van der Waals surface area contributed by atoms with Crippen molar-refractivity contribution in [2.24, 2.45) is 11.8 Å². The summed E-state index contributed by atoms with van der Waals surface area (Å²) in [5.41, 5.74) is 0.642. The lowest BCUT2D eigenvalue weighted by Crippen LogP contribution is -2.49. The first-order valence-corrected chi connectivity index (χ1v) is 13.3. The van der Waals surface area contributed by atoms with Crippen LogP contribution in [-0.4, -0.2) is 43.5 Å². The van der Waals surface area contributed by atoms with Crippen molar-refractivity contribution < 1.29 is 22.4 Å². The number of benzene rings is 2. The smallest absolute Gasteiger partial charge is 0.254 e. The van der Waals surface area contributed by atoms with Crippen molar-refractivity contribution in [1.29, 1.82) is 0 Å². The molecule has 4 atom stereocenters. The number of piperidine rings is 1. The molecule has 0 radical (unpaired) electrons.